The Balaban J connectivity index is 0.00000694. The first kappa shape index (κ1) is 59.4. The first-order chi connectivity index (χ1) is 40.1. The monoisotopic (exact) mass is 1160 g/mol. The molecule has 1 spiro atoms. The molecule has 0 aromatic heterocycles. The van der Waals surface area contributed by atoms with Gasteiger partial charge in [0.2, 0.25) is 5.72 Å². The van der Waals surface area contributed by atoms with Crippen molar-refractivity contribution in [1.29, 1.82) is 0 Å². The SMILES string of the molecule is C[C@@H]1CCc2cc3ccc2[C@H]1C[C@@H](S(=O)(=O)[O-])[C@H]1C=C2C[C@H](C[C@H]4C[C@@H](CO)CC#Cc5cc(O)ccc5[C@@H]2O4)[C@@H]1c1ccc(cc1)[C@](C[C@H](Cc1ccccc1)[C@@]1(O)CCC[C@H](c2ccc4c(c2)CNCC42CCCC2)C1)(N=C(N)N)O3.[Na+]. The molecule has 10 bridgehead atoms. The van der Waals surface area contributed by atoms with Crippen LogP contribution in [-0.2, 0) is 45.4 Å². The number of rotatable bonds is 9. The van der Waals surface area contributed by atoms with Gasteiger partial charge in [0.1, 0.15) is 17.6 Å². The molecule has 5 aromatic carbocycles. The van der Waals surface area contributed by atoms with Gasteiger partial charge in [-0.25, -0.2) is 13.4 Å². The van der Waals surface area contributed by atoms with Crippen LogP contribution in [-0.4, -0.2) is 64.4 Å². The maximum Gasteiger partial charge on any atom is 1.00 e. The van der Waals surface area contributed by atoms with Crippen LogP contribution in [0.5, 0.6) is 11.5 Å². The Hall–Kier alpha value is -4.98. The van der Waals surface area contributed by atoms with Gasteiger partial charge in [0.05, 0.1) is 27.1 Å². The number of aliphatic hydroxyl groups is 2. The summed E-state index contributed by atoms with van der Waals surface area (Å²) in [4.78, 5) is 5.20. The van der Waals surface area contributed by atoms with Crippen molar-refractivity contribution in [2.24, 2.45) is 46.0 Å². The number of ether oxygens (including phenoxy) is 2. The Morgan fingerprint density at radius 2 is 1.68 bits per heavy atom. The minimum Gasteiger partial charge on any atom is -0.748 e. The van der Waals surface area contributed by atoms with Crippen LogP contribution in [0.1, 0.15) is 183 Å². The molecular weight excluding hydrogens is 1080 g/mol. The average molecular weight is 1160 g/mol. The van der Waals surface area contributed by atoms with Crippen molar-refractivity contribution in [3.05, 3.63) is 176 Å². The number of nitrogens with one attached hydrogen (secondary N) is 1. The third-order valence-corrected chi connectivity index (χ3v) is 22.7. The van der Waals surface area contributed by atoms with Gasteiger partial charge in [-0.1, -0.05) is 123 Å². The van der Waals surface area contributed by atoms with Crippen LogP contribution in [0, 0.1) is 41.4 Å². The normalized spacial score (nSPS) is 31.5. The molecule has 6 aliphatic heterocycles. The van der Waals surface area contributed by atoms with Crippen molar-refractivity contribution >= 4 is 16.1 Å². The van der Waals surface area contributed by atoms with Crippen LogP contribution in [0.15, 0.2) is 126 Å². The molecular formula is C70H81N4NaO8S. The number of nitrogens with zero attached hydrogens (tertiary/aromatic N) is 1. The Morgan fingerprint density at radius 1 is 0.893 bits per heavy atom. The van der Waals surface area contributed by atoms with Crippen molar-refractivity contribution in [1.82, 2.24) is 5.32 Å². The number of phenolic OH excluding ortho intramolecular Hbond substituents is 1. The summed E-state index contributed by atoms with van der Waals surface area (Å²) < 4.78 is 57.8. The van der Waals surface area contributed by atoms with Gasteiger partial charge in [0.25, 0.3) is 0 Å². The molecule has 12 nitrogen and oxygen atoms in total. The maximum atomic E-state index is 14.4. The third-order valence-electron chi connectivity index (χ3n) is 21.4. The molecule has 3 fully saturated rings. The summed E-state index contributed by atoms with van der Waals surface area (Å²) in [5.74, 6) is 5.05. The fourth-order valence-corrected chi connectivity index (χ4v) is 18.5. The van der Waals surface area contributed by atoms with Crippen molar-refractivity contribution < 1.29 is 67.3 Å². The molecule has 0 unspecified atom stereocenters. The standard InChI is InChI=1S/C70H82N4O8S.Na/c1-43-14-15-49-34-57-22-24-59(49)61(43)37-64(83(78,79)80)62-36-52-32-51(35-58-30-45(41-75)11-7-12-48-33-56(76)21-23-60(48)66(52)81-58)65(62)46-16-19-54(20-17-46)70(82-57,74-67(71)72)39-55(29-44-9-3-2-4-10-44)69(77)28-8-13-50(38-69)47-18-25-63-53(31-47)40-73-42-68(63)26-5-6-27-68;/h2-4,9-10,16-25,31,33-34,36,43,45,50-51,55,58,61-62,64-66,73,75-77H,5-6,8,11,13-15,26-30,32,35,37-42H2,1H3,(H4,71,72,74)(H,78,79,80);/q;+1/p-1/t43-,45+,50+,51-,55+,58-,61+,62-,64-,65+,66-,69-,70-;/m1./s1. The smallest absolute Gasteiger partial charge is 0.748 e. The minimum atomic E-state index is -4.94. The van der Waals surface area contributed by atoms with E-state index < -0.39 is 50.6 Å². The molecule has 13 atom stereocenters. The van der Waals surface area contributed by atoms with E-state index in [1.165, 1.54) is 42.4 Å². The van der Waals surface area contributed by atoms with Crippen LogP contribution < -0.4 is 51.1 Å². The molecule has 8 N–H and O–H groups in total. The Morgan fingerprint density at radius 3 is 2.45 bits per heavy atom. The molecule has 15 rings (SSSR count). The van der Waals surface area contributed by atoms with E-state index in [1.54, 1.807) is 12.1 Å². The van der Waals surface area contributed by atoms with Crippen LogP contribution in [0.25, 0.3) is 0 Å². The summed E-state index contributed by atoms with van der Waals surface area (Å²) >= 11 is 0. The zero-order valence-electron chi connectivity index (χ0n) is 48.9. The van der Waals surface area contributed by atoms with Gasteiger partial charge in [-0.3, -0.25) is 0 Å². The molecule has 2 saturated carbocycles. The summed E-state index contributed by atoms with van der Waals surface area (Å²) in [5.41, 5.74) is 21.9. The number of aliphatic imine (C=N–C) groups is 1. The van der Waals surface area contributed by atoms with Crippen LogP contribution in [0.3, 0.4) is 0 Å². The second-order valence-corrected chi connectivity index (χ2v) is 28.1. The largest absolute Gasteiger partial charge is 1.00 e. The molecule has 14 heteroatoms. The van der Waals surface area contributed by atoms with E-state index in [0.29, 0.717) is 61.8 Å². The second-order valence-electron chi connectivity index (χ2n) is 26.5. The number of aliphatic hydroxyl groups excluding tert-OH is 1. The number of aromatic hydroxyl groups is 1. The fourth-order valence-electron chi connectivity index (χ4n) is 17.4. The molecule has 84 heavy (non-hydrogen) atoms. The number of fused-ring (bicyclic) bond motifs is 11. The summed E-state index contributed by atoms with van der Waals surface area (Å²) in [6.45, 7) is 3.98. The van der Waals surface area contributed by atoms with Crippen molar-refractivity contribution in [3.63, 3.8) is 0 Å². The summed E-state index contributed by atoms with van der Waals surface area (Å²) in [6.07, 6.45) is 13.6. The van der Waals surface area contributed by atoms with Crippen molar-refractivity contribution in [2.45, 2.75) is 175 Å². The van der Waals surface area contributed by atoms with E-state index in [4.69, 9.17) is 25.9 Å². The van der Waals surface area contributed by atoms with Crippen LogP contribution >= 0.6 is 0 Å². The molecule has 4 aliphatic carbocycles. The van der Waals surface area contributed by atoms with E-state index in [2.05, 4.69) is 84.8 Å². The minimum absolute atomic E-state index is 0. The second kappa shape index (κ2) is 23.9. The first-order valence-electron chi connectivity index (χ1n) is 30.9. The number of guanidine groups is 1. The zero-order valence-corrected chi connectivity index (χ0v) is 51.7. The van der Waals surface area contributed by atoms with E-state index >= 15 is 0 Å². The molecule has 436 valence electrons. The summed E-state index contributed by atoms with van der Waals surface area (Å²) in [6, 6.07) is 36.9. The predicted molar refractivity (Wildman–Crippen MR) is 321 cm³/mol. The van der Waals surface area contributed by atoms with Crippen molar-refractivity contribution in [2.75, 3.05) is 13.2 Å². The number of nitrogens with two attached hydrogens (primary N) is 2. The number of aryl methyl sites for hydroxylation is 1. The van der Waals surface area contributed by atoms with E-state index in [9.17, 15) is 28.3 Å². The van der Waals surface area contributed by atoms with Crippen LogP contribution in [0.4, 0.5) is 0 Å². The van der Waals surface area contributed by atoms with Gasteiger partial charge in [0.15, 0.2) is 5.96 Å². The number of hydrogen-bond acceptors (Lipinski definition) is 10. The first-order valence-corrected chi connectivity index (χ1v) is 32.4. The number of phenols is 1. The number of benzene rings is 5. The quantitative estimate of drug-likeness (QED) is 0.0207. The topological polar surface area (TPSA) is 213 Å². The zero-order chi connectivity index (χ0) is 57.3. The Kier molecular flexibility index (Phi) is 16.9. The summed E-state index contributed by atoms with van der Waals surface area (Å²) in [5, 5.41) is 37.7. The van der Waals surface area contributed by atoms with Gasteiger partial charge in [-0.05, 0) is 200 Å². The van der Waals surface area contributed by atoms with Gasteiger partial charge < -0.3 is 46.1 Å². The molecule has 10 aliphatic rings. The third kappa shape index (κ3) is 11.6. The van der Waals surface area contributed by atoms with Gasteiger partial charge in [-0.2, -0.15) is 0 Å². The summed E-state index contributed by atoms with van der Waals surface area (Å²) in [7, 11) is -4.94. The van der Waals surface area contributed by atoms with E-state index in [0.717, 1.165) is 72.2 Å². The number of allylic oxidation sites excluding steroid dienone is 1. The van der Waals surface area contributed by atoms with Gasteiger partial charge in [-0.15, -0.1) is 0 Å². The molecule has 0 amide bonds. The predicted octanol–water partition coefficient (Wildman–Crippen LogP) is 8.07. The van der Waals surface area contributed by atoms with Crippen LogP contribution in [0.2, 0.25) is 0 Å². The van der Waals surface area contributed by atoms with Crippen molar-refractivity contribution in [3.8, 4) is 23.3 Å². The van der Waals surface area contributed by atoms with E-state index in [1.807, 2.05) is 42.5 Å². The average Bonchev–Trinajstić information content (AvgIpc) is 3.02. The van der Waals surface area contributed by atoms with Gasteiger partial charge in [0, 0.05) is 54.6 Å². The molecule has 0 radical (unpaired) electrons. The molecule has 6 heterocycles. The molecule has 1 saturated heterocycles. The molecule has 5 aromatic rings. The Labute approximate surface area is 518 Å². The van der Waals surface area contributed by atoms with E-state index in [-0.39, 0.29) is 102 Å². The fraction of sp³-hybridized carbons (Fsp3) is 0.500. The number of hydrogen-bond donors (Lipinski definition) is 6. The Bertz CT molecular complexity index is 3480. The van der Waals surface area contributed by atoms with Gasteiger partial charge >= 0.3 is 29.6 Å². The maximum absolute atomic E-state index is 14.4.